The van der Waals surface area contributed by atoms with Crippen molar-refractivity contribution in [3.8, 4) is 11.3 Å². The third-order valence-corrected chi connectivity index (χ3v) is 3.49. The zero-order valence-corrected chi connectivity index (χ0v) is 12.2. The number of nitrogens with one attached hydrogen (secondary N) is 1. The molecular formula is C16H17N3O2. The van der Waals surface area contributed by atoms with Crippen molar-refractivity contribution >= 4 is 5.52 Å². The Morgan fingerprint density at radius 1 is 1.24 bits per heavy atom. The van der Waals surface area contributed by atoms with Gasteiger partial charge >= 0.3 is 0 Å². The molecule has 1 aromatic carbocycles. The van der Waals surface area contributed by atoms with Gasteiger partial charge in [-0.2, -0.15) is 5.10 Å². The molecule has 0 spiro atoms. The molecule has 0 aliphatic rings. The largest absolute Gasteiger partial charge is 0.386 e. The van der Waals surface area contributed by atoms with E-state index in [0.717, 1.165) is 16.8 Å². The molecule has 2 aromatic heterocycles. The molecule has 0 aliphatic heterocycles. The SMILES string of the molecule is Cc1cc2c(=O)[nH]c(-c3ccc(C(C)(C)O)cc3)cn2n1. The molecule has 5 nitrogen and oxygen atoms in total. The Morgan fingerprint density at radius 2 is 1.90 bits per heavy atom. The van der Waals surface area contributed by atoms with E-state index in [-0.39, 0.29) is 5.56 Å². The first-order valence-corrected chi connectivity index (χ1v) is 6.77. The fourth-order valence-electron chi connectivity index (χ4n) is 2.33. The number of aryl methyl sites for hydroxylation is 1. The predicted molar refractivity (Wildman–Crippen MR) is 81.2 cm³/mol. The zero-order chi connectivity index (χ0) is 15.2. The van der Waals surface area contributed by atoms with Gasteiger partial charge in [-0.05, 0) is 38.0 Å². The highest BCUT2D eigenvalue weighted by Gasteiger charge is 2.15. The van der Waals surface area contributed by atoms with Gasteiger partial charge in [0.25, 0.3) is 5.56 Å². The average molecular weight is 283 g/mol. The lowest BCUT2D eigenvalue weighted by molar-refractivity contribution is 0.0786. The maximum Gasteiger partial charge on any atom is 0.274 e. The Bertz CT molecular complexity index is 852. The lowest BCUT2D eigenvalue weighted by Crippen LogP contribution is -2.15. The van der Waals surface area contributed by atoms with E-state index in [1.807, 2.05) is 31.2 Å². The van der Waals surface area contributed by atoms with Crippen molar-refractivity contribution in [2.75, 3.05) is 0 Å². The van der Waals surface area contributed by atoms with Gasteiger partial charge in [0.15, 0.2) is 0 Å². The lowest BCUT2D eigenvalue weighted by atomic mass is 9.97. The van der Waals surface area contributed by atoms with Gasteiger partial charge in [0.1, 0.15) is 5.52 Å². The van der Waals surface area contributed by atoms with Crippen molar-refractivity contribution < 1.29 is 5.11 Å². The summed E-state index contributed by atoms with van der Waals surface area (Å²) in [5, 5.41) is 14.2. The zero-order valence-electron chi connectivity index (χ0n) is 12.2. The Balaban J connectivity index is 2.10. The van der Waals surface area contributed by atoms with Crippen LogP contribution in [0.25, 0.3) is 16.8 Å². The maximum absolute atomic E-state index is 12.1. The highest BCUT2D eigenvalue weighted by atomic mass is 16.3. The van der Waals surface area contributed by atoms with E-state index >= 15 is 0 Å². The molecule has 3 aromatic rings. The fourth-order valence-corrected chi connectivity index (χ4v) is 2.33. The van der Waals surface area contributed by atoms with Gasteiger partial charge in [-0.25, -0.2) is 4.52 Å². The minimum atomic E-state index is -0.880. The number of hydrogen-bond donors (Lipinski definition) is 2. The van der Waals surface area contributed by atoms with E-state index in [2.05, 4.69) is 10.1 Å². The number of aromatic amines is 1. The number of fused-ring (bicyclic) bond motifs is 1. The summed E-state index contributed by atoms with van der Waals surface area (Å²) in [7, 11) is 0. The molecule has 0 saturated carbocycles. The number of nitrogens with zero attached hydrogens (tertiary/aromatic N) is 2. The summed E-state index contributed by atoms with van der Waals surface area (Å²) in [4.78, 5) is 14.9. The van der Waals surface area contributed by atoms with Gasteiger partial charge in [0, 0.05) is 0 Å². The number of hydrogen-bond acceptors (Lipinski definition) is 3. The molecule has 0 aliphatic carbocycles. The summed E-state index contributed by atoms with van der Waals surface area (Å²) in [6, 6.07) is 9.21. The van der Waals surface area contributed by atoms with Gasteiger partial charge in [0.05, 0.1) is 23.2 Å². The van der Waals surface area contributed by atoms with Crippen LogP contribution in [0.4, 0.5) is 0 Å². The second-order valence-corrected chi connectivity index (χ2v) is 5.75. The minimum absolute atomic E-state index is 0.167. The first-order chi connectivity index (χ1) is 9.84. The number of H-pyrrole nitrogens is 1. The molecule has 0 unspecified atom stereocenters. The molecule has 0 saturated heterocycles. The number of aliphatic hydroxyl groups is 1. The van der Waals surface area contributed by atoms with Crippen molar-refractivity contribution in [2.24, 2.45) is 0 Å². The second kappa shape index (κ2) is 4.56. The summed E-state index contributed by atoms with van der Waals surface area (Å²) in [6.07, 6.45) is 1.79. The van der Waals surface area contributed by atoms with Crippen LogP contribution in [-0.4, -0.2) is 19.7 Å². The van der Waals surface area contributed by atoms with Crippen LogP contribution >= 0.6 is 0 Å². The van der Waals surface area contributed by atoms with Crippen LogP contribution < -0.4 is 5.56 Å². The molecule has 3 rings (SSSR count). The van der Waals surface area contributed by atoms with Gasteiger partial charge in [-0.3, -0.25) is 4.79 Å². The summed E-state index contributed by atoms with van der Waals surface area (Å²) in [6.45, 7) is 5.33. The lowest BCUT2D eigenvalue weighted by Gasteiger charge is -2.17. The molecule has 0 bridgehead atoms. The van der Waals surface area contributed by atoms with Crippen LogP contribution in [-0.2, 0) is 5.60 Å². The quantitative estimate of drug-likeness (QED) is 0.757. The third-order valence-electron chi connectivity index (χ3n) is 3.49. The Morgan fingerprint density at radius 3 is 2.52 bits per heavy atom. The van der Waals surface area contributed by atoms with Crippen LogP contribution in [0, 0.1) is 6.92 Å². The molecule has 0 fully saturated rings. The van der Waals surface area contributed by atoms with E-state index in [1.54, 1.807) is 30.6 Å². The van der Waals surface area contributed by atoms with Crippen LogP contribution in [0.1, 0.15) is 25.1 Å². The molecule has 2 heterocycles. The summed E-state index contributed by atoms with van der Waals surface area (Å²) < 4.78 is 1.59. The van der Waals surface area contributed by atoms with Crippen molar-refractivity contribution in [1.29, 1.82) is 0 Å². The second-order valence-electron chi connectivity index (χ2n) is 5.75. The molecular weight excluding hydrogens is 266 g/mol. The predicted octanol–water partition coefficient (Wildman–Crippen LogP) is 2.23. The van der Waals surface area contributed by atoms with Crippen molar-refractivity contribution in [2.45, 2.75) is 26.4 Å². The summed E-state index contributed by atoms with van der Waals surface area (Å²) >= 11 is 0. The van der Waals surface area contributed by atoms with Crippen molar-refractivity contribution in [3.05, 3.63) is 58.1 Å². The Labute approximate surface area is 121 Å². The number of aromatic nitrogens is 3. The van der Waals surface area contributed by atoms with E-state index in [0.29, 0.717) is 11.2 Å². The monoisotopic (exact) mass is 283 g/mol. The van der Waals surface area contributed by atoms with Gasteiger partial charge in [-0.15, -0.1) is 0 Å². The fraction of sp³-hybridized carbons (Fsp3) is 0.250. The first kappa shape index (κ1) is 13.6. The Kier molecular flexibility index (Phi) is 2.95. The molecule has 2 N–H and O–H groups in total. The van der Waals surface area contributed by atoms with Crippen LogP contribution in [0.2, 0.25) is 0 Å². The average Bonchev–Trinajstić information content (AvgIpc) is 2.79. The highest BCUT2D eigenvalue weighted by molar-refractivity contribution is 5.61. The molecule has 0 radical (unpaired) electrons. The highest BCUT2D eigenvalue weighted by Crippen LogP contribution is 2.23. The summed E-state index contributed by atoms with van der Waals surface area (Å²) in [5.74, 6) is 0. The van der Waals surface area contributed by atoms with Crippen LogP contribution in [0.15, 0.2) is 41.3 Å². The smallest absolute Gasteiger partial charge is 0.274 e. The number of rotatable bonds is 2. The molecule has 0 amide bonds. The van der Waals surface area contributed by atoms with Gasteiger partial charge in [0.2, 0.25) is 0 Å². The van der Waals surface area contributed by atoms with E-state index in [1.165, 1.54) is 0 Å². The maximum atomic E-state index is 12.1. The molecule has 5 heteroatoms. The topological polar surface area (TPSA) is 70.4 Å². The van der Waals surface area contributed by atoms with Gasteiger partial charge < -0.3 is 10.1 Å². The Hall–Kier alpha value is -2.40. The van der Waals surface area contributed by atoms with Crippen LogP contribution in [0.3, 0.4) is 0 Å². The van der Waals surface area contributed by atoms with Gasteiger partial charge in [-0.1, -0.05) is 24.3 Å². The minimum Gasteiger partial charge on any atom is -0.386 e. The van der Waals surface area contributed by atoms with E-state index in [4.69, 9.17) is 0 Å². The first-order valence-electron chi connectivity index (χ1n) is 6.77. The number of benzene rings is 1. The van der Waals surface area contributed by atoms with E-state index in [9.17, 15) is 9.90 Å². The van der Waals surface area contributed by atoms with E-state index < -0.39 is 5.60 Å². The standard InChI is InChI=1S/C16H17N3O2/c1-10-8-14-15(20)17-13(9-19(14)18-10)11-4-6-12(7-5-11)16(2,3)21/h4-9,21H,1-3H3,(H,17,20). The third kappa shape index (κ3) is 2.48. The van der Waals surface area contributed by atoms with Crippen molar-refractivity contribution in [3.63, 3.8) is 0 Å². The summed E-state index contributed by atoms with van der Waals surface area (Å²) in [5.41, 5.74) is 2.67. The normalized spacial score (nSPS) is 12.0. The van der Waals surface area contributed by atoms with Crippen LogP contribution in [0.5, 0.6) is 0 Å². The van der Waals surface area contributed by atoms with Crippen molar-refractivity contribution in [1.82, 2.24) is 14.6 Å². The molecule has 108 valence electrons. The molecule has 21 heavy (non-hydrogen) atoms. The molecule has 0 atom stereocenters.